The Balaban J connectivity index is 2.09. The van der Waals surface area contributed by atoms with Crippen molar-refractivity contribution in [2.45, 2.75) is 24.7 Å². The molecule has 0 fully saturated rings. The summed E-state index contributed by atoms with van der Waals surface area (Å²) in [6.45, 7) is 1.39. The molecule has 6 nitrogen and oxygen atoms in total. The third-order valence-corrected chi connectivity index (χ3v) is 6.15. The number of nitrogens with two attached hydrogens (primary N) is 1. The molecule has 0 amide bonds. The molecule has 0 saturated carbocycles. The van der Waals surface area contributed by atoms with Crippen LogP contribution in [-0.4, -0.2) is 25.1 Å². The van der Waals surface area contributed by atoms with Gasteiger partial charge in [0.25, 0.3) is 5.56 Å². The Morgan fingerprint density at radius 1 is 1.10 bits per heavy atom. The van der Waals surface area contributed by atoms with Gasteiger partial charge in [0, 0.05) is 11.9 Å². The zero-order valence-corrected chi connectivity index (χ0v) is 16.0. The number of pyridine rings is 1. The Morgan fingerprint density at radius 3 is 2.48 bits per heavy atom. The fourth-order valence-electron chi connectivity index (χ4n) is 2.95. The molecular weight excluding hydrogens is 409 g/mol. The number of sulfone groups is 1. The number of nitrogens with zero attached hydrogens (tertiary/aromatic N) is 1. The molecule has 0 unspecified atom stereocenters. The predicted molar refractivity (Wildman–Crippen MR) is 103 cm³/mol. The van der Waals surface area contributed by atoms with Crippen LogP contribution in [0, 0.1) is 0 Å². The summed E-state index contributed by atoms with van der Waals surface area (Å²) in [6.07, 6.45) is -3.44. The highest BCUT2D eigenvalue weighted by molar-refractivity contribution is 7.91. The van der Waals surface area contributed by atoms with Gasteiger partial charge in [0.1, 0.15) is 5.75 Å². The van der Waals surface area contributed by atoms with Crippen LogP contribution in [0.15, 0.2) is 58.4 Å². The summed E-state index contributed by atoms with van der Waals surface area (Å²) in [5.41, 5.74) is 5.82. The number of nitrogen functional groups attached to an aromatic ring is 1. The minimum Gasteiger partial charge on any atom is -0.406 e. The number of ether oxygens (including phenoxy) is 1. The van der Waals surface area contributed by atoms with Gasteiger partial charge in [-0.1, -0.05) is 13.0 Å². The lowest BCUT2D eigenvalue weighted by Crippen LogP contribution is -2.22. The molecule has 1 heterocycles. The molecule has 0 aliphatic heterocycles. The highest BCUT2D eigenvalue weighted by Gasteiger charge is 2.31. The van der Waals surface area contributed by atoms with Gasteiger partial charge in [0.15, 0.2) is 9.84 Å². The molecule has 0 radical (unpaired) electrons. The van der Waals surface area contributed by atoms with Crippen LogP contribution in [0.1, 0.15) is 12.5 Å². The first-order valence-electron chi connectivity index (χ1n) is 8.50. The van der Waals surface area contributed by atoms with E-state index in [0.29, 0.717) is 16.6 Å². The van der Waals surface area contributed by atoms with Gasteiger partial charge in [-0.25, -0.2) is 8.42 Å². The highest BCUT2D eigenvalue weighted by Crippen LogP contribution is 2.26. The number of hydrogen-bond donors (Lipinski definition) is 1. The summed E-state index contributed by atoms with van der Waals surface area (Å²) in [4.78, 5) is 12.9. The molecule has 0 aliphatic carbocycles. The van der Waals surface area contributed by atoms with E-state index < -0.39 is 27.5 Å². The van der Waals surface area contributed by atoms with Gasteiger partial charge in [-0.05, 0) is 47.3 Å². The smallest absolute Gasteiger partial charge is 0.406 e. The van der Waals surface area contributed by atoms with E-state index in [1.807, 2.05) is 0 Å². The van der Waals surface area contributed by atoms with Gasteiger partial charge in [-0.2, -0.15) is 0 Å². The van der Waals surface area contributed by atoms with Gasteiger partial charge in [0.2, 0.25) is 0 Å². The van der Waals surface area contributed by atoms with Gasteiger partial charge in [-0.3, -0.25) is 4.79 Å². The van der Waals surface area contributed by atoms with Crippen molar-refractivity contribution in [3.05, 3.63) is 64.6 Å². The lowest BCUT2D eigenvalue weighted by molar-refractivity contribution is -0.274. The monoisotopic (exact) mass is 426 g/mol. The molecule has 3 rings (SSSR count). The zero-order chi connectivity index (χ0) is 21.4. The molecule has 2 N–H and O–H groups in total. The van der Waals surface area contributed by atoms with Crippen molar-refractivity contribution in [3.63, 3.8) is 0 Å². The van der Waals surface area contributed by atoms with Gasteiger partial charge >= 0.3 is 6.36 Å². The Kier molecular flexibility index (Phi) is 5.31. The van der Waals surface area contributed by atoms with E-state index in [9.17, 15) is 26.4 Å². The second-order valence-electron chi connectivity index (χ2n) is 6.32. The minimum absolute atomic E-state index is 0.0121. The Labute approximate surface area is 164 Å². The molecule has 1 aromatic heterocycles. The van der Waals surface area contributed by atoms with Crippen molar-refractivity contribution in [1.29, 1.82) is 0 Å². The third-order valence-electron chi connectivity index (χ3n) is 4.32. The SMILES string of the molecule is CCS(=O)(=O)c1ccc(N)cc1Cn1ccc2ccc(OC(F)(F)F)cc2c1=O. The maximum absolute atomic E-state index is 12.8. The number of alkyl halides is 3. The molecule has 0 atom stereocenters. The third kappa shape index (κ3) is 4.53. The topological polar surface area (TPSA) is 91.4 Å². The number of anilines is 1. The van der Waals surface area contributed by atoms with Crippen LogP contribution in [0.3, 0.4) is 0 Å². The van der Waals surface area contributed by atoms with Crippen LogP contribution < -0.4 is 16.0 Å². The quantitative estimate of drug-likeness (QED) is 0.632. The predicted octanol–water partition coefficient (Wildman–Crippen LogP) is 3.32. The Morgan fingerprint density at radius 2 is 1.83 bits per heavy atom. The van der Waals surface area contributed by atoms with E-state index >= 15 is 0 Å². The molecular formula is C19H17F3N2O4S. The first-order chi connectivity index (χ1) is 13.5. The molecule has 3 aromatic rings. The number of hydrogen-bond acceptors (Lipinski definition) is 5. The molecule has 10 heteroatoms. The molecule has 2 aromatic carbocycles. The largest absolute Gasteiger partial charge is 0.573 e. The van der Waals surface area contributed by atoms with E-state index in [4.69, 9.17) is 5.73 Å². The first-order valence-corrected chi connectivity index (χ1v) is 10.2. The number of benzene rings is 2. The maximum atomic E-state index is 12.8. The summed E-state index contributed by atoms with van der Waals surface area (Å²) in [6, 6.07) is 9.31. The summed E-state index contributed by atoms with van der Waals surface area (Å²) in [5, 5.41) is 0.438. The fourth-order valence-corrected chi connectivity index (χ4v) is 4.05. The summed E-state index contributed by atoms with van der Waals surface area (Å²) in [7, 11) is -3.56. The van der Waals surface area contributed by atoms with Crippen molar-refractivity contribution in [2.75, 3.05) is 11.5 Å². The van der Waals surface area contributed by atoms with Crippen LogP contribution in [0.4, 0.5) is 18.9 Å². The van der Waals surface area contributed by atoms with Crippen LogP contribution in [0.25, 0.3) is 10.8 Å². The molecule has 0 spiro atoms. The van der Waals surface area contributed by atoms with Crippen molar-refractivity contribution in [2.24, 2.45) is 0 Å². The van der Waals surface area contributed by atoms with Crippen LogP contribution in [0.2, 0.25) is 0 Å². The van der Waals surface area contributed by atoms with E-state index in [2.05, 4.69) is 4.74 Å². The van der Waals surface area contributed by atoms with Gasteiger partial charge < -0.3 is 15.0 Å². The van der Waals surface area contributed by atoms with Crippen molar-refractivity contribution >= 4 is 26.3 Å². The van der Waals surface area contributed by atoms with Crippen molar-refractivity contribution < 1.29 is 26.3 Å². The van der Waals surface area contributed by atoms with Crippen LogP contribution in [-0.2, 0) is 16.4 Å². The Bertz CT molecular complexity index is 1230. The summed E-state index contributed by atoms with van der Waals surface area (Å²) < 4.78 is 67.2. The van der Waals surface area contributed by atoms with E-state index in [-0.39, 0.29) is 22.6 Å². The van der Waals surface area contributed by atoms with Crippen molar-refractivity contribution in [3.8, 4) is 5.75 Å². The molecule has 29 heavy (non-hydrogen) atoms. The van der Waals surface area contributed by atoms with Gasteiger partial charge in [0.05, 0.1) is 22.6 Å². The molecule has 154 valence electrons. The second kappa shape index (κ2) is 7.43. The normalized spacial score (nSPS) is 12.3. The van der Waals surface area contributed by atoms with Crippen LogP contribution >= 0.6 is 0 Å². The fraction of sp³-hybridized carbons (Fsp3) is 0.211. The van der Waals surface area contributed by atoms with Crippen LogP contribution in [0.5, 0.6) is 5.75 Å². The summed E-state index contributed by atoms with van der Waals surface area (Å²) in [5.74, 6) is -0.646. The highest BCUT2D eigenvalue weighted by atomic mass is 32.2. The Hall–Kier alpha value is -3.01. The lowest BCUT2D eigenvalue weighted by atomic mass is 10.1. The van der Waals surface area contributed by atoms with Gasteiger partial charge in [-0.15, -0.1) is 13.2 Å². The number of halogens is 3. The average molecular weight is 426 g/mol. The second-order valence-corrected chi connectivity index (χ2v) is 8.56. The number of aromatic nitrogens is 1. The molecule has 0 bridgehead atoms. The van der Waals surface area contributed by atoms with Crippen molar-refractivity contribution in [1.82, 2.24) is 4.57 Å². The summed E-state index contributed by atoms with van der Waals surface area (Å²) >= 11 is 0. The minimum atomic E-state index is -4.88. The maximum Gasteiger partial charge on any atom is 0.573 e. The average Bonchev–Trinajstić information content (AvgIpc) is 2.63. The standard InChI is InChI=1S/C19H17F3N2O4S/c1-2-29(26,27)17-6-4-14(23)9-13(17)11-24-8-7-12-3-5-15(28-19(20,21)22)10-16(12)18(24)25/h3-10H,2,11,23H2,1H3. The van der Waals surface area contributed by atoms with E-state index in [1.54, 1.807) is 6.07 Å². The molecule has 0 saturated heterocycles. The first kappa shape index (κ1) is 20.7. The zero-order valence-electron chi connectivity index (χ0n) is 15.2. The van der Waals surface area contributed by atoms with E-state index in [0.717, 1.165) is 12.1 Å². The number of rotatable bonds is 5. The number of fused-ring (bicyclic) bond motifs is 1. The molecule has 0 aliphatic rings. The lowest BCUT2D eigenvalue weighted by Gasteiger charge is -2.13. The van der Waals surface area contributed by atoms with E-state index in [1.165, 1.54) is 42.0 Å².